The van der Waals surface area contributed by atoms with Crippen LogP contribution in [0.3, 0.4) is 0 Å². The van der Waals surface area contributed by atoms with E-state index in [0.29, 0.717) is 12.0 Å². The van der Waals surface area contributed by atoms with Gasteiger partial charge in [0.1, 0.15) is 0 Å². The van der Waals surface area contributed by atoms with Gasteiger partial charge in [0.05, 0.1) is 12.7 Å². The van der Waals surface area contributed by atoms with Crippen molar-refractivity contribution in [1.29, 1.82) is 0 Å². The summed E-state index contributed by atoms with van der Waals surface area (Å²) in [5.74, 6) is 2.23. The predicted octanol–water partition coefficient (Wildman–Crippen LogP) is 0.741. The highest BCUT2D eigenvalue weighted by Crippen LogP contribution is 2.54. The van der Waals surface area contributed by atoms with Gasteiger partial charge in [0.15, 0.2) is 0 Å². The Morgan fingerprint density at radius 1 is 1.17 bits per heavy atom. The molecule has 18 heavy (non-hydrogen) atoms. The topological polar surface area (TPSA) is 41.9 Å². The Morgan fingerprint density at radius 2 is 2.06 bits per heavy atom. The van der Waals surface area contributed by atoms with Crippen LogP contribution in [0.5, 0.6) is 0 Å². The Morgan fingerprint density at radius 3 is 2.83 bits per heavy atom. The number of fused-ring (bicyclic) bond motifs is 1. The molecule has 1 N–H and O–H groups in total. The highest BCUT2D eigenvalue weighted by molar-refractivity contribution is 5.10. The average molecular weight is 255 g/mol. The van der Waals surface area contributed by atoms with E-state index in [1.165, 1.54) is 19.4 Å². The monoisotopic (exact) mass is 255 g/mol. The SMILES string of the molecule is COCCCOCCN1CC2CC3CC2C1C3O. The molecular formula is C14H25NO3. The van der Waals surface area contributed by atoms with Gasteiger partial charge in [-0.25, -0.2) is 0 Å². The third-order valence-electron chi connectivity index (χ3n) is 5.11. The molecule has 0 aromatic heterocycles. The van der Waals surface area contributed by atoms with Crippen molar-refractivity contribution in [3.8, 4) is 0 Å². The van der Waals surface area contributed by atoms with E-state index in [1.807, 2.05) is 0 Å². The summed E-state index contributed by atoms with van der Waals surface area (Å²) in [7, 11) is 1.72. The van der Waals surface area contributed by atoms with Crippen LogP contribution in [0, 0.1) is 17.8 Å². The molecule has 104 valence electrons. The molecule has 1 aliphatic heterocycles. The van der Waals surface area contributed by atoms with Gasteiger partial charge < -0.3 is 14.6 Å². The number of hydrogen-bond acceptors (Lipinski definition) is 4. The van der Waals surface area contributed by atoms with Crippen molar-refractivity contribution in [1.82, 2.24) is 4.90 Å². The van der Waals surface area contributed by atoms with E-state index >= 15 is 0 Å². The normalized spacial score (nSPS) is 42.0. The Balaban J connectivity index is 1.39. The van der Waals surface area contributed by atoms with Crippen molar-refractivity contribution < 1.29 is 14.6 Å². The fourth-order valence-electron chi connectivity index (χ4n) is 4.38. The number of likely N-dealkylation sites (tertiary alicyclic amines) is 1. The Bertz CT molecular complexity index is 284. The van der Waals surface area contributed by atoms with Crippen LogP contribution in [-0.2, 0) is 9.47 Å². The molecule has 5 unspecified atom stereocenters. The smallest absolute Gasteiger partial charge is 0.0726 e. The maximum Gasteiger partial charge on any atom is 0.0726 e. The van der Waals surface area contributed by atoms with Crippen LogP contribution in [0.25, 0.3) is 0 Å². The van der Waals surface area contributed by atoms with Gasteiger partial charge in [0.25, 0.3) is 0 Å². The summed E-state index contributed by atoms with van der Waals surface area (Å²) in [5.41, 5.74) is 0. The molecule has 1 heterocycles. The molecule has 2 bridgehead atoms. The third-order valence-corrected chi connectivity index (χ3v) is 5.11. The van der Waals surface area contributed by atoms with E-state index in [2.05, 4.69) is 4.90 Å². The van der Waals surface area contributed by atoms with Crippen LogP contribution >= 0.6 is 0 Å². The van der Waals surface area contributed by atoms with E-state index in [9.17, 15) is 5.11 Å². The molecule has 0 radical (unpaired) electrons. The lowest BCUT2D eigenvalue weighted by molar-refractivity contribution is 0.0328. The highest BCUT2D eigenvalue weighted by Gasteiger charge is 2.58. The minimum absolute atomic E-state index is 0.0674. The zero-order valence-corrected chi connectivity index (χ0v) is 11.3. The van der Waals surface area contributed by atoms with E-state index < -0.39 is 0 Å². The van der Waals surface area contributed by atoms with Gasteiger partial charge in [0, 0.05) is 39.5 Å². The van der Waals surface area contributed by atoms with Gasteiger partial charge >= 0.3 is 0 Å². The van der Waals surface area contributed by atoms with Crippen LogP contribution in [0.15, 0.2) is 0 Å². The second kappa shape index (κ2) is 5.45. The molecule has 3 fully saturated rings. The van der Waals surface area contributed by atoms with Gasteiger partial charge in [-0.3, -0.25) is 4.90 Å². The van der Waals surface area contributed by atoms with E-state index in [4.69, 9.17) is 9.47 Å². The first kappa shape index (κ1) is 12.9. The maximum atomic E-state index is 10.2. The van der Waals surface area contributed by atoms with Gasteiger partial charge in [-0.05, 0) is 37.0 Å². The molecule has 0 aromatic rings. The summed E-state index contributed by atoms with van der Waals surface area (Å²) in [6, 6.07) is 0.441. The van der Waals surface area contributed by atoms with E-state index in [-0.39, 0.29) is 6.10 Å². The van der Waals surface area contributed by atoms with Crippen LogP contribution in [-0.4, -0.2) is 62.2 Å². The van der Waals surface area contributed by atoms with Crippen LogP contribution in [0.2, 0.25) is 0 Å². The first-order chi connectivity index (χ1) is 8.81. The molecule has 1 saturated heterocycles. The number of rotatable bonds is 7. The Kier molecular flexibility index (Phi) is 3.89. The second-order valence-electron chi connectivity index (χ2n) is 6.09. The second-order valence-corrected chi connectivity index (χ2v) is 6.09. The van der Waals surface area contributed by atoms with Gasteiger partial charge in [0.2, 0.25) is 0 Å². The molecule has 4 heteroatoms. The Labute approximate surface area is 109 Å². The van der Waals surface area contributed by atoms with Gasteiger partial charge in [-0.15, -0.1) is 0 Å². The lowest BCUT2D eigenvalue weighted by Crippen LogP contribution is -2.42. The average Bonchev–Trinajstić information content (AvgIpc) is 2.95. The Hall–Kier alpha value is -0.160. The van der Waals surface area contributed by atoms with Crippen LogP contribution in [0.1, 0.15) is 19.3 Å². The molecule has 5 atom stereocenters. The quantitative estimate of drug-likeness (QED) is 0.681. The fourth-order valence-corrected chi connectivity index (χ4v) is 4.38. The van der Waals surface area contributed by atoms with Crippen molar-refractivity contribution in [3.05, 3.63) is 0 Å². The number of hydrogen-bond donors (Lipinski definition) is 1. The van der Waals surface area contributed by atoms with E-state index in [1.54, 1.807) is 7.11 Å². The molecule has 3 rings (SSSR count). The molecule has 0 amide bonds. The number of nitrogens with zero attached hydrogens (tertiary/aromatic N) is 1. The maximum absolute atomic E-state index is 10.2. The fraction of sp³-hybridized carbons (Fsp3) is 1.00. The molecule has 4 nitrogen and oxygen atoms in total. The van der Waals surface area contributed by atoms with Crippen molar-refractivity contribution >= 4 is 0 Å². The largest absolute Gasteiger partial charge is 0.391 e. The summed E-state index contributed by atoms with van der Waals surface area (Å²) in [6.45, 7) is 4.51. The van der Waals surface area contributed by atoms with Crippen LogP contribution < -0.4 is 0 Å². The molecule has 2 saturated carbocycles. The zero-order valence-electron chi connectivity index (χ0n) is 11.3. The standard InChI is InChI=1S/C14H25NO3/c1-17-4-2-5-18-6-3-15-9-11-7-10-8-12(11)13(15)14(10)16/h10-14,16H,2-9H2,1H3. The summed E-state index contributed by atoms with van der Waals surface area (Å²) in [4.78, 5) is 2.48. The number of aliphatic hydroxyl groups excluding tert-OH is 1. The summed E-state index contributed by atoms with van der Waals surface area (Å²) < 4.78 is 10.6. The van der Waals surface area contributed by atoms with E-state index in [0.717, 1.165) is 44.6 Å². The minimum atomic E-state index is -0.0674. The van der Waals surface area contributed by atoms with Crippen molar-refractivity contribution in [3.63, 3.8) is 0 Å². The first-order valence-electron chi connectivity index (χ1n) is 7.30. The number of methoxy groups -OCH3 is 1. The lowest BCUT2D eigenvalue weighted by Gasteiger charge is -2.28. The summed E-state index contributed by atoms with van der Waals surface area (Å²) in [5, 5.41) is 10.2. The van der Waals surface area contributed by atoms with Crippen molar-refractivity contribution in [2.24, 2.45) is 17.8 Å². The third kappa shape index (κ3) is 2.20. The summed E-state index contributed by atoms with van der Waals surface area (Å²) >= 11 is 0. The van der Waals surface area contributed by atoms with Gasteiger partial charge in [-0.2, -0.15) is 0 Å². The lowest BCUT2D eigenvalue weighted by atomic mass is 9.88. The first-order valence-corrected chi connectivity index (χ1v) is 7.30. The molecule has 0 spiro atoms. The number of aliphatic hydroxyl groups is 1. The molecule has 3 aliphatic rings. The number of ether oxygens (including phenoxy) is 2. The van der Waals surface area contributed by atoms with Crippen molar-refractivity contribution in [2.45, 2.75) is 31.4 Å². The molecule has 0 aromatic carbocycles. The summed E-state index contributed by atoms with van der Waals surface area (Å²) in [6.07, 6.45) is 3.42. The predicted molar refractivity (Wildman–Crippen MR) is 68.4 cm³/mol. The molecule has 2 aliphatic carbocycles. The highest BCUT2D eigenvalue weighted by atomic mass is 16.5. The minimum Gasteiger partial charge on any atom is -0.391 e. The zero-order chi connectivity index (χ0) is 12.5. The van der Waals surface area contributed by atoms with Gasteiger partial charge in [-0.1, -0.05) is 0 Å². The van der Waals surface area contributed by atoms with Crippen LogP contribution in [0.4, 0.5) is 0 Å². The van der Waals surface area contributed by atoms with Crippen molar-refractivity contribution in [2.75, 3.05) is 40.0 Å². The molecular weight excluding hydrogens is 230 g/mol.